The number of carbonyl (C=O) groups excluding carboxylic acids is 2. The highest BCUT2D eigenvalue weighted by Crippen LogP contribution is 2.21. The molecule has 0 saturated heterocycles. The van der Waals surface area contributed by atoms with Crippen LogP contribution in [0, 0.1) is 0 Å². The number of hydrogen-bond donors (Lipinski definition) is 2. The number of carbonyl (C=O) groups is 2. The van der Waals surface area contributed by atoms with Crippen LogP contribution in [0.2, 0.25) is 0 Å². The van der Waals surface area contributed by atoms with Crippen molar-refractivity contribution in [2.45, 2.75) is 33.2 Å². The summed E-state index contributed by atoms with van der Waals surface area (Å²) in [7, 11) is 0. The van der Waals surface area contributed by atoms with Crippen LogP contribution < -0.4 is 10.6 Å². The van der Waals surface area contributed by atoms with Crippen molar-refractivity contribution < 1.29 is 9.59 Å². The number of thiazole rings is 1. The largest absolute Gasteiger partial charge is 0.350 e. The molecule has 5 nitrogen and oxygen atoms in total. The van der Waals surface area contributed by atoms with E-state index >= 15 is 0 Å². The highest BCUT2D eigenvalue weighted by molar-refractivity contribution is 7.13. The average Bonchev–Trinajstić information content (AvgIpc) is 2.93. The first-order valence-electron chi connectivity index (χ1n) is 7.17. The topological polar surface area (TPSA) is 71.1 Å². The quantitative estimate of drug-likeness (QED) is 0.767. The second kappa shape index (κ2) is 7.70. The molecule has 1 aromatic carbocycles. The van der Waals surface area contributed by atoms with Gasteiger partial charge in [0, 0.05) is 23.1 Å². The Bertz CT molecular complexity index is 650. The van der Waals surface area contributed by atoms with E-state index in [-0.39, 0.29) is 11.7 Å². The number of nitrogens with zero attached hydrogens (tertiary/aromatic N) is 1. The highest BCUT2D eigenvalue weighted by Gasteiger charge is 2.05. The number of benzene rings is 1. The van der Waals surface area contributed by atoms with Crippen LogP contribution in [0.4, 0.5) is 10.8 Å². The molecule has 1 heterocycles. The van der Waals surface area contributed by atoms with Gasteiger partial charge in [-0.2, -0.15) is 0 Å². The van der Waals surface area contributed by atoms with Crippen molar-refractivity contribution >= 4 is 33.8 Å². The first-order valence-corrected chi connectivity index (χ1v) is 8.05. The first kappa shape index (κ1) is 16.2. The van der Waals surface area contributed by atoms with Gasteiger partial charge in [-0.1, -0.05) is 6.92 Å². The van der Waals surface area contributed by atoms with Gasteiger partial charge in [0.2, 0.25) is 5.91 Å². The molecule has 0 unspecified atom stereocenters. The normalized spacial score (nSPS) is 10.3. The van der Waals surface area contributed by atoms with Crippen LogP contribution in [0.1, 0.15) is 42.7 Å². The Morgan fingerprint density at radius 3 is 2.59 bits per heavy atom. The Morgan fingerprint density at radius 1 is 1.23 bits per heavy atom. The fourth-order valence-corrected chi connectivity index (χ4v) is 2.59. The monoisotopic (exact) mass is 317 g/mol. The number of aromatic nitrogens is 1. The zero-order chi connectivity index (χ0) is 15.9. The molecule has 6 heteroatoms. The third-order valence-electron chi connectivity index (χ3n) is 3.04. The van der Waals surface area contributed by atoms with Crippen LogP contribution in [0.15, 0.2) is 29.6 Å². The molecule has 0 bridgehead atoms. The second-order valence-electron chi connectivity index (χ2n) is 4.93. The lowest BCUT2D eigenvalue weighted by Gasteiger charge is -2.03. The molecule has 0 radical (unpaired) electrons. The van der Waals surface area contributed by atoms with E-state index in [1.165, 1.54) is 11.3 Å². The molecule has 1 amide bonds. The fraction of sp³-hybridized carbons (Fsp3) is 0.312. The number of Topliss-reactive ketones (excluding diaryl/α,β-unsaturated/α-hetero) is 1. The van der Waals surface area contributed by atoms with Crippen molar-refractivity contribution in [1.82, 2.24) is 10.3 Å². The molecular formula is C16H19N3O2S. The summed E-state index contributed by atoms with van der Waals surface area (Å²) in [6.07, 6.45) is 1.38. The van der Waals surface area contributed by atoms with Gasteiger partial charge < -0.3 is 10.6 Å². The van der Waals surface area contributed by atoms with Gasteiger partial charge in [-0.15, -0.1) is 11.3 Å². The smallest absolute Gasteiger partial charge is 0.220 e. The third kappa shape index (κ3) is 4.66. The molecule has 0 fully saturated rings. The Balaban J connectivity index is 1.91. The predicted octanol–water partition coefficient (Wildman–Crippen LogP) is 3.51. The lowest BCUT2D eigenvalue weighted by molar-refractivity contribution is -0.121. The van der Waals surface area contributed by atoms with Crippen LogP contribution >= 0.6 is 11.3 Å². The van der Waals surface area contributed by atoms with Gasteiger partial charge in [-0.05, 0) is 37.6 Å². The molecule has 0 atom stereocenters. The van der Waals surface area contributed by atoms with Crippen LogP contribution in [-0.2, 0) is 11.3 Å². The van der Waals surface area contributed by atoms with Gasteiger partial charge in [0.1, 0.15) is 0 Å². The summed E-state index contributed by atoms with van der Waals surface area (Å²) in [5.74, 6) is 0.0933. The zero-order valence-electron chi connectivity index (χ0n) is 12.7. The van der Waals surface area contributed by atoms with Gasteiger partial charge in [0.05, 0.1) is 12.2 Å². The van der Waals surface area contributed by atoms with Crippen LogP contribution in [0.3, 0.4) is 0 Å². The Kier molecular flexibility index (Phi) is 5.66. The molecule has 0 aliphatic carbocycles. The van der Waals surface area contributed by atoms with Crippen molar-refractivity contribution in [1.29, 1.82) is 0 Å². The van der Waals surface area contributed by atoms with Gasteiger partial charge in [0.15, 0.2) is 10.9 Å². The Labute approximate surface area is 133 Å². The van der Waals surface area contributed by atoms with Gasteiger partial charge in [-0.25, -0.2) is 4.98 Å². The molecule has 0 aliphatic heterocycles. The summed E-state index contributed by atoms with van der Waals surface area (Å²) in [5, 5.41) is 8.70. The minimum atomic E-state index is 0.0461. The number of amides is 1. The van der Waals surface area contributed by atoms with E-state index in [0.717, 1.165) is 22.9 Å². The zero-order valence-corrected chi connectivity index (χ0v) is 13.5. The van der Waals surface area contributed by atoms with Gasteiger partial charge in [0.25, 0.3) is 0 Å². The van der Waals surface area contributed by atoms with Crippen molar-refractivity contribution in [2.75, 3.05) is 5.32 Å². The lowest BCUT2D eigenvalue weighted by atomic mass is 10.1. The Morgan fingerprint density at radius 2 is 1.95 bits per heavy atom. The van der Waals surface area contributed by atoms with Crippen LogP contribution in [0.25, 0.3) is 0 Å². The molecular weight excluding hydrogens is 298 g/mol. The maximum Gasteiger partial charge on any atom is 0.220 e. The summed E-state index contributed by atoms with van der Waals surface area (Å²) < 4.78 is 0. The average molecular weight is 317 g/mol. The maximum atomic E-state index is 11.4. The molecule has 0 aliphatic rings. The molecule has 116 valence electrons. The van der Waals surface area contributed by atoms with E-state index in [1.807, 2.05) is 24.4 Å². The third-order valence-corrected chi connectivity index (χ3v) is 3.84. The number of ketones is 1. The minimum absolute atomic E-state index is 0.0461. The number of nitrogens with one attached hydrogen (secondary N) is 2. The molecule has 2 N–H and O–H groups in total. The summed E-state index contributed by atoms with van der Waals surface area (Å²) in [5.41, 5.74) is 2.39. The van der Waals surface area contributed by atoms with Crippen LogP contribution in [-0.4, -0.2) is 16.7 Å². The Hall–Kier alpha value is -2.21. The molecule has 0 saturated carbocycles. The van der Waals surface area contributed by atoms with Crippen molar-refractivity contribution in [3.8, 4) is 0 Å². The lowest BCUT2D eigenvalue weighted by Crippen LogP contribution is -2.22. The molecule has 0 spiro atoms. The molecule has 22 heavy (non-hydrogen) atoms. The fourth-order valence-electron chi connectivity index (χ4n) is 1.86. The first-order chi connectivity index (χ1) is 10.6. The van der Waals surface area contributed by atoms with Crippen LogP contribution in [0.5, 0.6) is 0 Å². The molecule has 2 aromatic rings. The van der Waals surface area contributed by atoms with Gasteiger partial charge >= 0.3 is 0 Å². The summed E-state index contributed by atoms with van der Waals surface area (Å²) >= 11 is 1.48. The van der Waals surface area contributed by atoms with E-state index in [9.17, 15) is 9.59 Å². The number of anilines is 2. The highest BCUT2D eigenvalue weighted by atomic mass is 32.1. The minimum Gasteiger partial charge on any atom is -0.350 e. The van der Waals surface area contributed by atoms with Crippen molar-refractivity contribution in [3.05, 3.63) is 40.9 Å². The van der Waals surface area contributed by atoms with E-state index in [4.69, 9.17) is 0 Å². The van der Waals surface area contributed by atoms with Gasteiger partial charge in [-0.3, -0.25) is 9.59 Å². The second-order valence-corrected chi connectivity index (χ2v) is 5.79. The van der Waals surface area contributed by atoms with E-state index in [2.05, 4.69) is 15.6 Å². The SMILES string of the molecule is CCCC(=O)NCc1csc(Nc2ccc(C(C)=O)cc2)n1. The van der Waals surface area contributed by atoms with Crippen molar-refractivity contribution in [2.24, 2.45) is 0 Å². The van der Waals surface area contributed by atoms with Crippen molar-refractivity contribution in [3.63, 3.8) is 0 Å². The number of hydrogen-bond acceptors (Lipinski definition) is 5. The predicted molar refractivity (Wildman–Crippen MR) is 88.6 cm³/mol. The maximum absolute atomic E-state index is 11.4. The summed E-state index contributed by atoms with van der Waals surface area (Å²) in [4.78, 5) is 27.1. The summed E-state index contributed by atoms with van der Waals surface area (Å²) in [6.45, 7) is 3.96. The molecule has 1 aromatic heterocycles. The standard InChI is InChI=1S/C16H19N3O2S/c1-3-4-15(21)17-9-14-10-22-16(19-14)18-13-7-5-12(6-8-13)11(2)20/h5-8,10H,3-4,9H2,1-2H3,(H,17,21)(H,18,19). The molecule has 2 rings (SSSR count). The number of rotatable bonds is 7. The van der Waals surface area contributed by atoms with E-state index in [1.54, 1.807) is 19.1 Å². The van der Waals surface area contributed by atoms with E-state index in [0.29, 0.717) is 18.5 Å². The van der Waals surface area contributed by atoms with E-state index < -0.39 is 0 Å². The summed E-state index contributed by atoms with van der Waals surface area (Å²) in [6, 6.07) is 7.26.